The average Bonchev–Trinajstić information content (AvgIpc) is 2.98. The van der Waals surface area contributed by atoms with E-state index in [1.54, 1.807) is 0 Å². The molecule has 2 aromatic rings. The Balaban J connectivity index is 1.96. The first-order chi connectivity index (χ1) is 14.8. The van der Waals surface area contributed by atoms with E-state index in [0.717, 1.165) is 49.6 Å². The number of hydrogen-bond acceptors (Lipinski definition) is 3. The Morgan fingerprint density at radius 2 is 1.87 bits per heavy atom. The van der Waals surface area contributed by atoms with Crippen LogP contribution < -0.4 is 16.0 Å². The second-order valence-corrected chi connectivity index (χ2v) is 8.02. The molecule has 7 nitrogen and oxygen atoms in total. The Labute approximate surface area is 186 Å². The summed E-state index contributed by atoms with van der Waals surface area (Å²) in [5, 5.41) is 14.3. The van der Waals surface area contributed by atoms with E-state index in [4.69, 9.17) is 4.99 Å². The van der Waals surface area contributed by atoms with Gasteiger partial charge in [0.05, 0.1) is 12.2 Å². The van der Waals surface area contributed by atoms with Crippen LogP contribution in [0.2, 0.25) is 0 Å². The van der Waals surface area contributed by atoms with Crippen molar-refractivity contribution < 1.29 is 4.79 Å². The molecule has 2 rings (SSSR count). The van der Waals surface area contributed by atoms with Gasteiger partial charge in [0.1, 0.15) is 0 Å². The first-order valence-corrected chi connectivity index (χ1v) is 11.3. The lowest BCUT2D eigenvalue weighted by Gasteiger charge is -2.18. The van der Waals surface area contributed by atoms with E-state index >= 15 is 0 Å². The number of nitrogens with one attached hydrogen (secondary N) is 3. The zero-order valence-electron chi connectivity index (χ0n) is 19.9. The predicted molar refractivity (Wildman–Crippen MR) is 127 cm³/mol. The summed E-state index contributed by atoms with van der Waals surface area (Å²) in [5.41, 5.74) is 5.31. The molecule has 0 radical (unpaired) electrons. The molecule has 0 aliphatic rings. The van der Waals surface area contributed by atoms with Crippen molar-refractivity contribution in [2.75, 3.05) is 13.1 Å². The second kappa shape index (κ2) is 12.1. The number of amides is 1. The van der Waals surface area contributed by atoms with Crippen LogP contribution in [0.25, 0.3) is 0 Å². The fourth-order valence-corrected chi connectivity index (χ4v) is 3.44. The molecule has 1 atom stereocenters. The topological polar surface area (TPSA) is 83.3 Å². The van der Waals surface area contributed by atoms with Crippen molar-refractivity contribution in [2.24, 2.45) is 12.0 Å². The van der Waals surface area contributed by atoms with Crippen LogP contribution in [0.15, 0.2) is 29.3 Å². The summed E-state index contributed by atoms with van der Waals surface area (Å²) in [4.78, 5) is 16.9. The van der Waals surface area contributed by atoms with Crippen molar-refractivity contribution in [1.29, 1.82) is 0 Å². The standard InChI is InChI=1S/C24H38N6O/c1-7-9-14-26-23(31)21-12-10-20(11-13-21)16-27-24(25-8-2)28-17(3)15-22-18(4)29-30(6)19(22)5/h10-13,17H,7-9,14-16H2,1-6H3,(H,26,31)(H2,25,27,28). The number of nitrogens with zero attached hydrogens (tertiary/aromatic N) is 3. The molecule has 170 valence electrons. The third kappa shape index (κ3) is 7.42. The fraction of sp³-hybridized carbons (Fsp3) is 0.542. The minimum absolute atomic E-state index is 0.0201. The lowest BCUT2D eigenvalue weighted by Crippen LogP contribution is -2.43. The smallest absolute Gasteiger partial charge is 0.251 e. The molecule has 0 aliphatic heterocycles. The summed E-state index contributed by atoms with van der Waals surface area (Å²) >= 11 is 0. The first-order valence-electron chi connectivity index (χ1n) is 11.3. The third-order valence-electron chi connectivity index (χ3n) is 5.35. The molecule has 0 saturated carbocycles. The van der Waals surface area contributed by atoms with Crippen LogP contribution in [-0.4, -0.2) is 40.8 Å². The number of aryl methyl sites for hydroxylation is 2. The zero-order valence-corrected chi connectivity index (χ0v) is 19.9. The largest absolute Gasteiger partial charge is 0.357 e. The van der Waals surface area contributed by atoms with Crippen LogP contribution >= 0.6 is 0 Å². The van der Waals surface area contributed by atoms with Gasteiger partial charge in [0, 0.05) is 37.4 Å². The van der Waals surface area contributed by atoms with Crippen LogP contribution in [0.4, 0.5) is 0 Å². The number of guanidine groups is 1. The molecule has 1 heterocycles. The maximum absolute atomic E-state index is 12.1. The van der Waals surface area contributed by atoms with Crippen molar-refractivity contribution in [3.8, 4) is 0 Å². The highest BCUT2D eigenvalue weighted by Crippen LogP contribution is 2.14. The van der Waals surface area contributed by atoms with Gasteiger partial charge in [0.25, 0.3) is 5.91 Å². The summed E-state index contributed by atoms with van der Waals surface area (Å²) in [6.45, 7) is 12.5. The van der Waals surface area contributed by atoms with E-state index in [1.165, 1.54) is 11.3 Å². The van der Waals surface area contributed by atoms with Crippen LogP contribution in [0.3, 0.4) is 0 Å². The number of rotatable bonds is 10. The molecule has 31 heavy (non-hydrogen) atoms. The number of aromatic nitrogens is 2. The van der Waals surface area contributed by atoms with Gasteiger partial charge >= 0.3 is 0 Å². The summed E-state index contributed by atoms with van der Waals surface area (Å²) in [6, 6.07) is 7.88. The first kappa shape index (κ1) is 24.4. The van der Waals surface area contributed by atoms with E-state index in [9.17, 15) is 4.79 Å². The number of aliphatic imine (C=N–C) groups is 1. The van der Waals surface area contributed by atoms with Crippen molar-refractivity contribution in [1.82, 2.24) is 25.7 Å². The highest BCUT2D eigenvalue weighted by molar-refractivity contribution is 5.94. The van der Waals surface area contributed by atoms with Crippen LogP contribution in [0.1, 0.15) is 66.5 Å². The van der Waals surface area contributed by atoms with Gasteiger partial charge in [-0.1, -0.05) is 25.5 Å². The summed E-state index contributed by atoms with van der Waals surface area (Å²) < 4.78 is 1.93. The molecular weight excluding hydrogens is 388 g/mol. The third-order valence-corrected chi connectivity index (χ3v) is 5.35. The summed E-state index contributed by atoms with van der Waals surface area (Å²) in [7, 11) is 1.98. The molecule has 0 saturated heterocycles. The number of hydrogen-bond donors (Lipinski definition) is 3. The van der Waals surface area contributed by atoms with E-state index in [-0.39, 0.29) is 11.9 Å². The molecule has 3 N–H and O–H groups in total. The Hall–Kier alpha value is -2.83. The predicted octanol–water partition coefficient (Wildman–Crippen LogP) is 3.25. The van der Waals surface area contributed by atoms with Crippen LogP contribution in [0.5, 0.6) is 0 Å². The van der Waals surface area contributed by atoms with Crippen LogP contribution in [0, 0.1) is 13.8 Å². The van der Waals surface area contributed by atoms with Gasteiger partial charge in [0.15, 0.2) is 5.96 Å². The van der Waals surface area contributed by atoms with Gasteiger partial charge in [0.2, 0.25) is 0 Å². The molecule has 1 unspecified atom stereocenters. The Morgan fingerprint density at radius 1 is 1.16 bits per heavy atom. The van der Waals surface area contributed by atoms with Gasteiger partial charge in [-0.15, -0.1) is 0 Å². The quantitative estimate of drug-likeness (QED) is 0.309. The maximum Gasteiger partial charge on any atom is 0.251 e. The van der Waals surface area contributed by atoms with Gasteiger partial charge in [-0.2, -0.15) is 5.10 Å². The molecule has 7 heteroatoms. The Bertz CT molecular complexity index is 869. The number of unbranched alkanes of at least 4 members (excludes halogenated alkanes) is 1. The monoisotopic (exact) mass is 426 g/mol. The second-order valence-electron chi connectivity index (χ2n) is 8.02. The Kier molecular flexibility index (Phi) is 9.56. The van der Waals surface area contributed by atoms with Gasteiger partial charge in [-0.3, -0.25) is 9.48 Å². The van der Waals surface area contributed by atoms with Gasteiger partial charge < -0.3 is 16.0 Å². The number of carbonyl (C=O) groups excluding carboxylic acids is 1. The molecule has 0 spiro atoms. The molecule has 0 aliphatic carbocycles. The molecule has 0 fully saturated rings. The average molecular weight is 427 g/mol. The molecule has 1 aromatic carbocycles. The normalized spacial score (nSPS) is 12.5. The van der Waals surface area contributed by atoms with Crippen molar-refractivity contribution in [3.05, 3.63) is 52.3 Å². The van der Waals surface area contributed by atoms with E-state index in [1.807, 2.05) is 36.0 Å². The fourth-order valence-electron chi connectivity index (χ4n) is 3.44. The minimum Gasteiger partial charge on any atom is -0.357 e. The maximum atomic E-state index is 12.1. The van der Waals surface area contributed by atoms with E-state index in [2.05, 4.69) is 55.7 Å². The Morgan fingerprint density at radius 3 is 2.45 bits per heavy atom. The van der Waals surface area contributed by atoms with Crippen molar-refractivity contribution >= 4 is 11.9 Å². The van der Waals surface area contributed by atoms with Gasteiger partial charge in [-0.25, -0.2) is 4.99 Å². The summed E-state index contributed by atoms with van der Waals surface area (Å²) in [5.74, 6) is 0.768. The van der Waals surface area contributed by atoms with Crippen molar-refractivity contribution in [2.45, 2.75) is 66.5 Å². The molecule has 0 bridgehead atoms. The highest BCUT2D eigenvalue weighted by Gasteiger charge is 2.14. The van der Waals surface area contributed by atoms with E-state index < -0.39 is 0 Å². The zero-order chi connectivity index (χ0) is 22.8. The minimum atomic E-state index is -0.0201. The molecule has 1 amide bonds. The summed E-state index contributed by atoms with van der Waals surface area (Å²) in [6.07, 6.45) is 2.95. The lowest BCUT2D eigenvalue weighted by molar-refractivity contribution is 0.0953. The highest BCUT2D eigenvalue weighted by atomic mass is 16.1. The lowest BCUT2D eigenvalue weighted by atomic mass is 10.1. The molecule has 1 aromatic heterocycles. The van der Waals surface area contributed by atoms with Crippen LogP contribution in [-0.2, 0) is 20.0 Å². The number of benzene rings is 1. The number of carbonyl (C=O) groups is 1. The molecular formula is C24H38N6O. The van der Waals surface area contributed by atoms with Gasteiger partial charge in [-0.05, 0) is 63.8 Å². The SMILES string of the molecule is CCCCNC(=O)c1ccc(CN=C(NCC)NC(C)Cc2c(C)nn(C)c2C)cc1. The van der Waals surface area contributed by atoms with E-state index in [0.29, 0.717) is 12.1 Å². The van der Waals surface area contributed by atoms with Crippen molar-refractivity contribution in [3.63, 3.8) is 0 Å².